The highest BCUT2D eigenvalue weighted by molar-refractivity contribution is 6.05. The maximum Gasteiger partial charge on any atom is 0.311 e. The number of rotatable bonds is 6. The fraction of sp³-hybridized carbons (Fsp3) is 0.261. The third-order valence-corrected chi connectivity index (χ3v) is 4.77. The molecule has 1 heterocycles. The molecule has 4 heteroatoms. The molecule has 0 bridgehead atoms. The summed E-state index contributed by atoms with van der Waals surface area (Å²) in [4.78, 5) is 21.6. The summed E-state index contributed by atoms with van der Waals surface area (Å²) < 4.78 is 5.50. The largest absolute Gasteiger partial charge is 0.426 e. The SMILES string of the molecule is CCCCCCC(=O)Oc1ccc2nc3ccc4ccccc4c3nc2c1. The maximum atomic E-state index is 12.0. The number of nitrogens with zero attached hydrogens (tertiary/aromatic N) is 2. The smallest absolute Gasteiger partial charge is 0.311 e. The van der Waals surface area contributed by atoms with Crippen molar-refractivity contribution in [2.75, 3.05) is 0 Å². The van der Waals surface area contributed by atoms with E-state index in [1.807, 2.05) is 24.3 Å². The molecule has 0 N–H and O–H groups in total. The van der Waals surface area contributed by atoms with E-state index >= 15 is 0 Å². The van der Waals surface area contributed by atoms with Gasteiger partial charge in [0.15, 0.2) is 0 Å². The number of fused-ring (bicyclic) bond motifs is 4. The van der Waals surface area contributed by atoms with Gasteiger partial charge in [-0.2, -0.15) is 0 Å². The van der Waals surface area contributed by atoms with Gasteiger partial charge in [0.1, 0.15) is 5.75 Å². The van der Waals surface area contributed by atoms with Crippen LogP contribution in [0.15, 0.2) is 54.6 Å². The molecule has 0 unspecified atom stereocenters. The van der Waals surface area contributed by atoms with Gasteiger partial charge in [0, 0.05) is 17.9 Å². The Hall–Kier alpha value is -3.01. The Balaban J connectivity index is 1.64. The minimum atomic E-state index is -0.190. The standard InChI is InChI=1S/C23H22N2O2/c1-2-3-4-5-10-22(26)27-17-12-14-19-21(15-17)25-23-18-9-7-6-8-16(18)11-13-20(23)24-19/h6-9,11-15H,2-5,10H2,1H3. The monoisotopic (exact) mass is 358 g/mol. The lowest BCUT2D eigenvalue weighted by Crippen LogP contribution is -2.07. The Bertz CT molecular complexity index is 1120. The van der Waals surface area contributed by atoms with Crippen molar-refractivity contribution in [1.82, 2.24) is 9.97 Å². The van der Waals surface area contributed by atoms with Gasteiger partial charge in [-0.25, -0.2) is 9.97 Å². The van der Waals surface area contributed by atoms with Gasteiger partial charge in [0.2, 0.25) is 0 Å². The topological polar surface area (TPSA) is 52.1 Å². The van der Waals surface area contributed by atoms with Gasteiger partial charge in [0.25, 0.3) is 0 Å². The van der Waals surface area contributed by atoms with Crippen molar-refractivity contribution in [2.45, 2.75) is 39.0 Å². The van der Waals surface area contributed by atoms with Crippen LogP contribution in [0.3, 0.4) is 0 Å². The van der Waals surface area contributed by atoms with Gasteiger partial charge in [-0.3, -0.25) is 4.79 Å². The number of carbonyl (C=O) groups excluding carboxylic acids is 1. The van der Waals surface area contributed by atoms with Crippen molar-refractivity contribution in [1.29, 1.82) is 0 Å². The summed E-state index contributed by atoms with van der Waals surface area (Å²) in [5, 5.41) is 2.20. The lowest BCUT2D eigenvalue weighted by atomic mass is 10.1. The number of hydrogen-bond donors (Lipinski definition) is 0. The Morgan fingerprint density at radius 2 is 1.74 bits per heavy atom. The summed E-state index contributed by atoms with van der Waals surface area (Å²) in [5.74, 6) is 0.335. The molecule has 0 fully saturated rings. The molecule has 4 aromatic rings. The molecule has 4 nitrogen and oxygen atoms in total. The summed E-state index contributed by atoms with van der Waals surface area (Å²) in [6.07, 6.45) is 4.69. The van der Waals surface area contributed by atoms with Crippen molar-refractivity contribution < 1.29 is 9.53 Å². The molecule has 0 saturated heterocycles. The quantitative estimate of drug-likeness (QED) is 0.143. The summed E-state index contributed by atoms with van der Waals surface area (Å²) >= 11 is 0. The van der Waals surface area contributed by atoms with Crippen LogP contribution in [0.25, 0.3) is 32.8 Å². The molecule has 0 amide bonds. The van der Waals surface area contributed by atoms with Crippen molar-refractivity contribution in [3.63, 3.8) is 0 Å². The van der Waals surface area contributed by atoms with E-state index in [4.69, 9.17) is 14.7 Å². The molecule has 0 spiro atoms. The Morgan fingerprint density at radius 3 is 2.63 bits per heavy atom. The summed E-state index contributed by atoms with van der Waals surface area (Å²) in [6.45, 7) is 2.15. The van der Waals surface area contributed by atoms with Crippen molar-refractivity contribution >= 4 is 38.8 Å². The van der Waals surface area contributed by atoms with Crippen LogP contribution in [0.4, 0.5) is 0 Å². The van der Waals surface area contributed by atoms with Crippen LogP contribution in [-0.4, -0.2) is 15.9 Å². The van der Waals surface area contributed by atoms with Crippen molar-refractivity contribution in [3.05, 3.63) is 54.6 Å². The van der Waals surface area contributed by atoms with Crippen LogP contribution in [0.2, 0.25) is 0 Å². The van der Waals surface area contributed by atoms with Gasteiger partial charge in [0.05, 0.1) is 22.1 Å². The predicted molar refractivity (Wildman–Crippen MR) is 109 cm³/mol. The molecule has 136 valence electrons. The molecule has 27 heavy (non-hydrogen) atoms. The molecule has 1 aromatic heterocycles. The highest BCUT2D eigenvalue weighted by Crippen LogP contribution is 2.26. The third-order valence-electron chi connectivity index (χ3n) is 4.77. The van der Waals surface area contributed by atoms with Crippen molar-refractivity contribution in [2.24, 2.45) is 0 Å². The van der Waals surface area contributed by atoms with E-state index in [2.05, 4.69) is 25.1 Å². The van der Waals surface area contributed by atoms with Crippen LogP contribution >= 0.6 is 0 Å². The van der Waals surface area contributed by atoms with Crippen LogP contribution in [-0.2, 0) is 4.79 Å². The average Bonchev–Trinajstić information content (AvgIpc) is 2.70. The highest BCUT2D eigenvalue weighted by Gasteiger charge is 2.09. The highest BCUT2D eigenvalue weighted by atomic mass is 16.5. The van der Waals surface area contributed by atoms with E-state index in [-0.39, 0.29) is 5.97 Å². The van der Waals surface area contributed by atoms with E-state index < -0.39 is 0 Å². The Kier molecular flexibility index (Phi) is 4.97. The molecule has 0 aliphatic heterocycles. The first kappa shape index (κ1) is 17.4. The van der Waals surface area contributed by atoms with Crippen LogP contribution < -0.4 is 4.74 Å². The number of aromatic nitrogens is 2. The number of unbranched alkanes of at least 4 members (excludes halogenated alkanes) is 3. The van der Waals surface area contributed by atoms with E-state index in [0.717, 1.165) is 58.5 Å². The molecule has 0 radical (unpaired) electrons. The van der Waals surface area contributed by atoms with E-state index in [0.29, 0.717) is 12.2 Å². The summed E-state index contributed by atoms with van der Waals surface area (Å²) in [7, 11) is 0. The maximum absolute atomic E-state index is 12.0. The first-order valence-corrected chi connectivity index (χ1v) is 9.54. The zero-order chi connectivity index (χ0) is 18.6. The molecular formula is C23H22N2O2. The van der Waals surface area contributed by atoms with Crippen LogP contribution in [0.1, 0.15) is 39.0 Å². The zero-order valence-electron chi connectivity index (χ0n) is 15.4. The number of ether oxygens (including phenoxy) is 1. The minimum Gasteiger partial charge on any atom is -0.426 e. The Morgan fingerprint density at radius 1 is 0.889 bits per heavy atom. The van der Waals surface area contributed by atoms with E-state index in [1.54, 1.807) is 12.1 Å². The number of hydrogen-bond acceptors (Lipinski definition) is 4. The van der Waals surface area contributed by atoms with Gasteiger partial charge in [-0.05, 0) is 30.0 Å². The van der Waals surface area contributed by atoms with E-state index in [9.17, 15) is 4.79 Å². The molecule has 0 atom stereocenters. The lowest BCUT2D eigenvalue weighted by molar-refractivity contribution is -0.134. The van der Waals surface area contributed by atoms with Gasteiger partial charge >= 0.3 is 5.97 Å². The predicted octanol–water partition coefficient (Wildman–Crippen LogP) is 5.81. The fourth-order valence-electron chi connectivity index (χ4n) is 3.33. The number of carbonyl (C=O) groups is 1. The second-order valence-corrected chi connectivity index (χ2v) is 6.81. The van der Waals surface area contributed by atoms with Crippen molar-refractivity contribution in [3.8, 4) is 5.75 Å². The second-order valence-electron chi connectivity index (χ2n) is 6.81. The molecular weight excluding hydrogens is 336 g/mol. The third kappa shape index (κ3) is 3.75. The normalized spacial score (nSPS) is 11.3. The summed E-state index contributed by atoms with van der Waals surface area (Å²) in [6, 6.07) is 17.6. The van der Waals surface area contributed by atoms with Crippen LogP contribution in [0, 0.1) is 0 Å². The van der Waals surface area contributed by atoms with Gasteiger partial charge < -0.3 is 4.74 Å². The molecule has 0 saturated carbocycles. The fourth-order valence-corrected chi connectivity index (χ4v) is 3.33. The Labute approximate surface area is 158 Å². The van der Waals surface area contributed by atoms with Gasteiger partial charge in [-0.1, -0.05) is 56.5 Å². The molecule has 4 rings (SSSR count). The first-order valence-electron chi connectivity index (χ1n) is 9.54. The second kappa shape index (κ2) is 7.70. The minimum absolute atomic E-state index is 0.190. The van der Waals surface area contributed by atoms with Gasteiger partial charge in [-0.15, -0.1) is 0 Å². The molecule has 3 aromatic carbocycles. The summed E-state index contributed by atoms with van der Waals surface area (Å²) in [5.41, 5.74) is 3.25. The van der Waals surface area contributed by atoms with Crippen LogP contribution in [0.5, 0.6) is 5.75 Å². The lowest BCUT2D eigenvalue weighted by Gasteiger charge is -2.07. The zero-order valence-corrected chi connectivity index (χ0v) is 15.4. The molecule has 0 aliphatic rings. The first-order chi connectivity index (χ1) is 13.2. The van der Waals surface area contributed by atoms with E-state index in [1.165, 1.54) is 0 Å². The average molecular weight is 358 g/mol. The number of esters is 1. The number of benzene rings is 3. The molecule has 0 aliphatic carbocycles.